The summed E-state index contributed by atoms with van der Waals surface area (Å²) in [6, 6.07) is 12.1. The molecule has 24 heavy (non-hydrogen) atoms. The zero-order valence-corrected chi connectivity index (χ0v) is 14.3. The molecule has 3 rings (SSSR count). The molecule has 0 bridgehead atoms. The van der Waals surface area contributed by atoms with Crippen molar-refractivity contribution in [2.24, 2.45) is 0 Å². The zero-order chi connectivity index (χ0) is 16.9. The van der Waals surface area contributed by atoms with E-state index >= 15 is 0 Å². The number of nitrogens with one attached hydrogen (secondary N) is 1. The first kappa shape index (κ1) is 16.5. The maximum absolute atomic E-state index is 12.3. The predicted octanol–water partition coefficient (Wildman–Crippen LogP) is 3.40. The summed E-state index contributed by atoms with van der Waals surface area (Å²) in [6.07, 6.45) is 2.12. The number of amides is 1. The van der Waals surface area contributed by atoms with Crippen LogP contribution >= 0.6 is 11.3 Å². The van der Waals surface area contributed by atoms with Crippen LogP contribution in [0.1, 0.15) is 30.0 Å². The first-order chi connectivity index (χ1) is 11.7. The minimum absolute atomic E-state index is 0.0747. The third kappa shape index (κ3) is 3.58. The third-order valence-corrected chi connectivity index (χ3v) is 5.08. The molecule has 0 aliphatic carbocycles. The first-order valence-corrected chi connectivity index (χ1v) is 8.74. The van der Waals surface area contributed by atoms with Crippen LogP contribution in [0.3, 0.4) is 0 Å². The van der Waals surface area contributed by atoms with Crippen molar-refractivity contribution in [1.29, 1.82) is 5.26 Å². The molecular weight excluding hydrogens is 322 g/mol. The zero-order valence-electron chi connectivity index (χ0n) is 13.5. The molecule has 2 heterocycles. The Labute approximate surface area is 145 Å². The molecule has 1 amide bonds. The molecular formula is C18H19N3O2S. The Hall–Kier alpha value is -2.36. The van der Waals surface area contributed by atoms with Gasteiger partial charge in [0, 0.05) is 6.04 Å². The molecule has 0 radical (unpaired) electrons. The van der Waals surface area contributed by atoms with Crippen molar-refractivity contribution in [3.05, 3.63) is 46.8 Å². The van der Waals surface area contributed by atoms with Crippen molar-refractivity contribution in [2.75, 3.05) is 25.5 Å². The normalized spacial score (nSPS) is 17.4. The minimum atomic E-state index is -0.0747. The van der Waals surface area contributed by atoms with E-state index in [4.69, 9.17) is 10.00 Å². The van der Waals surface area contributed by atoms with E-state index in [1.165, 1.54) is 16.9 Å². The Morgan fingerprint density at radius 3 is 2.92 bits per heavy atom. The van der Waals surface area contributed by atoms with E-state index in [9.17, 15) is 4.79 Å². The standard InChI is InChI=1S/C18H19N3O2S/c1-23-15-6-4-13(5-7-15)16-3-2-9-21(16)12-17(22)20-18-14(11-19)8-10-24-18/h4-8,10,16H,2-3,9,12H2,1H3,(H,20,22)/t16-/m1/s1. The van der Waals surface area contributed by atoms with Gasteiger partial charge in [-0.05, 0) is 48.5 Å². The van der Waals surface area contributed by atoms with Crippen LogP contribution in [-0.4, -0.2) is 31.0 Å². The van der Waals surface area contributed by atoms with E-state index in [1.807, 2.05) is 17.5 Å². The summed E-state index contributed by atoms with van der Waals surface area (Å²) in [4.78, 5) is 14.5. The van der Waals surface area contributed by atoms with Gasteiger partial charge in [-0.15, -0.1) is 11.3 Å². The Balaban J connectivity index is 1.65. The van der Waals surface area contributed by atoms with Gasteiger partial charge in [-0.3, -0.25) is 9.69 Å². The van der Waals surface area contributed by atoms with Gasteiger partial charge in [0.25, 0.3) is 0 Å². The molecule has 0 unspecified atom stereocenters. The highest BCUT2D eigenvalue weighted by molar-refractivity contribution is 7.14. The van der Waals surface area contributed by atoms with Gasteiger partial charge in [0.2, 0.25) is 5.91 Å². The first-order valence-electron chi connectivity index (χ1n) is 7.86. The van der Waals surface area contributed by atoms with Gasteiger partial charge >= 0.3 is 0 Å². The van der Waals surface area contributed by atoms with E-state index in [0.717, 1.165) is 25.1 Å². The second-order valence-corrected chi connectivity index (χ2v) is 6.64. The van der Waals surface area contributed by atoms with Crippen LogP contribution in [0.2, 0.25) is 0 Å². The summed E-state index contributed by atoms with van der Waals surface area (Å²) < 4.78 is 5.20. The number of carbonyl (C=O) groups excluding carboxylic acids is 1. The quantitative estimate of drug-likeness (QED) is 0.905. The van der Waals surface area contributed by atoms with E-state index < -0.39 is 0 Å². The van der Waals surface area contributed by atoms with E-state index in [0.29, 0.717) is 17.1 Å². The number of anilines is 1. The van der Waals surface area contributed by atoms with Gasteiger partial charge < -0.3 is 10.1 Å². The number of carbonyl (C=O) groups is 1. The molecule has 1 aromatic heterocycles. The predicted molar refractivity (Wildman–Crippen MR) is 94.2 cm³/mol. The number of hydrogen-bond donors (Lipinski definition) is 1. The fourth-order valence-electron chi connectivity index (χ4n) is 3.06. The van der Waals surface area contributed by atoms with Crippen LogP contribution < -0.4 is 10.1 Å². The van der Waals surface area contributed by atoms with E-state index in [2.05, 4.69) is 28.4 Å². The maximum Gasteiger partial charge on any atom is 0.239 e. The number of rotatable bonds is 5. The lowest BCUT2D eigenvalue weighted by Crippen LogP contribution is -2.32. The van der Waals surface area contributed by atoms with Crippen LogP contribution in [0, 0.1) is 11.3 Å². The van der Waals surface area contributed by atoms with Gasteiger partial charge in [-0.2, -0.15) is 5.26 Å². The SMILES string of the molecule is COc1ccc([C@H]2CCCN2CC(=O)Nc2sccc2C#N)cc1. The van der Waals surface area contributed by atoms with Crippen molar-refractivity contribution in [2.45, 2.75) is 18.9 Å². The van der Waals surface area contributed by atoms with Crippen LogP contribution in [0.4, 0.5) is 5.00 Å². The van der Waals surface area contributed by atoms with Crippen molar-refractivity contribution in [3.63, 3.8) is 0 Å². The molecule has 2 aromatic rings. The number of methoxy groups -OCH3 is 1. The summed E-state index contributed by atoms with van der Waals surface area (Å²) in [5, 5.41) is 14.3. The lowest BCUT2D eigenvalue weighted by atomic mass is 10.0. The Morgan fingerprint density at radius 2 is 2.21 bits per heavy atom. The van der Waals surface area contributed by atoms with Crippen LogP contribution in [0.5, 0.6) is 5.75 Å². The Morgan fingerprint density at radius 1 is 1.42 bits per heavy atom. The Kier molecular flexibility index (Phi) is 5.14. The maximum atomic E-state index is 12.3. The molecule has 0 saturated carbocycles. The van der Waals surface area contributed by atoms with Gasteiger partial charge in [-0.1, -0.05) is 12.1 Å². The topological polar surface area (TPSA) is 65.4 Å². The second-order valence-electron chi connectivity index (χ2n) is 5.73. The number of benzene rings is 1. The summed E-state index contributed by atoms with van der Waals surface area (Å²) in [6.45, 7) is 1.24. The summed E-state index contributed by atoms with van der Waals surface area (Å²) in [5.74, 6) is 0.761. The molecule has 1 N–H and O–H groups in total. The van der Waals surface area contributed by atoms with Crippen molar-refractivity contribution in [3.8, 4) is 11.8 Å². The van der Waals surface area contributed by atoms with Crippen molar-refractivity contribution < 1.29 is 9.53 Å². The van der Waals surface area contributed by atoms with Gasteiger partial charge in [-0.25, -0.2) is 0 Å². The highest BCUT2D eigenvalue weighted by Crippen LogP contribution is 2.32. The van der Waals surface area contributed by atoms with Gasteiger partial charge in [0.1, 0.15) is 16.8 Å². The molecule has 1 saturated heterocycles. The smallest absolute Gasteiger partial charge is 0.239 e. The molecule has 1 aliphatic heterocycles. The highest BCUT2D eigenvalue weighted by Gasteiger charge is 2.27. The number of ether oxygens (including phenoxy) is 1. The molecule has 1 fully saturated rings. The molecule has 1 atom stereocenters. The van der Waals surface area contributed by atoms with Crippen LogP contribution in [0.25, 0.3) is 0 Å². The summed E-state index contributed by atoms with van der Waals surface area (Å²) >= 11 is 1.37. The van der Waals surface area contributed by atoms with Crippen molar-refractivity contribution in [1.82, 2.24) is 4.90 Å². The summed E-state index contributed by atoms with van der Waals surface area (Å²) in [7, 11) is 1.65. The minimum Gasteiger partial charge on any atom is -0.497 e. The van der Waals surface area contributed by atoms with Gasteiger partial charge in [0.05, 0.1) is 19.2 Å². The number of likely N-dealkylation sites (tertiary alicyclic amines) is 1. The van der Waals surface area contributed by atoms with Gasteiger partial charge in [0.15, 0.2) is 0 Å². The number of thiophene rings is 1. The summed E-state index contributed by atoms with van der Waals surface area (Å²) in [5.41, 5.74) is 1.72. The van der Waals surface area contributed by atoms with E-state index in [-0.39, 0.29) is 11.9 Å². The molecule has 6 heteroatoms. The highest BCUT2D eigenvalue weighted by atomic mass is 32.1. The van der Waals surface area contributed by atoms with Crippen LogP contribution in [-0.2, 0) is 4.79 Å². The fraction of sp³-hybridized carbons (Fsp3) is 0.333. The number of hydrogen-bond acceptors (Lipinski definition) is 5. The average Bonchev–Trinajstić information content (AvgIpc) is 3.24. The number of nitriles is 1. The monoisotopic (exact) mass is 341 g/mol. The molecule has 1 aliphatic rings. The van der Waals surface area contributed by atoms with E-state index in [1.54, 1.807) is 13.2 Å². The van der Waals surface area contributed by atoms with Crippen LogP contribution in [0.15, 0.2) is 35.7 Å². The molecule has 0 spiro atoms. The molecule has 5 nitrogen and oxygen atoms in total. The largest absolute Gasteiger partial charge is 0.497 e. The fourth-order valence-corrected chi connectivity index (χ4v) is 3.82. The van der Waals surface area contributed by atoms with Crippen molar-refractivity contribution >= 4 is 22.2 Å². The molecule has 124 valence electrons. The Bertz CT molecular complexity index is 748. The lowest BCUT2D eigenvalue weighted by Gasteiger charge is -2.24. The lowest BCUT2D eigenvalue weighted by molar-refractivity contribution is -0.117. The third-order valence-electron chi connectivity index (χ3n) is 4.25. The molecule has 1 aromatic carbocycles. The average molecular weight is 341 g/mol. The second kappa shape index (κ2) is 7.47. The number of nitrogens with zero attached hydrogens (tertiary/aromatic N) is 2.